The van der Waals surface area contributed by atoms with Gasteiger partial charge in [-0.3, -0.25) is 4.79 Å². The van der Waals surface area contributed by atoms with Crippen molar-refractivity contribution in [3.63, 3.8) is 0 Å². The quantitative estimate of drug-likeness (QED) is 0.671. The highest BCUT2D eigenvalue weighted by Crippen LogP contribution is 2.35. The summed E-state index contributed by atoms with van der Waals surface area (Å²) in [4.78, 5) is 29.1. The van der Waals surface area contributed by atoms with Gasteiger partial charge in [0.05, 0.1) is 6.04 Å². The molecule has 1 unspecified atom stereocenters. The lowest BCUT2D eigenvalue weighted by atomic mass is 9.94. The molecule has 1 aromatic carbocycles. The van der Waals surface area contributed by atoms with E-state index in [0.717, 1.165) is 23.9 Å². The fraction of sp³-hybridized carbons (Fsp3) is 0.619. The summed E-state index contributed by atoms with van der Waals surface area (Å²) in [5.41, 5.74) is 0.715. The van der Waals surface area contributed by atoms with Gasteiger partial charge in [-0.25, -0.2) is 4.79 Å². The fourth-order valence-corrected chi connectivity index (χ4v) is 4.20. The van der Waals surface area contributed by atoms with Gasteiger partial charge in [-0.1, -0.05) is 28.1 Å². The first kappa shape index (κ1) is 20.2. The second kappa shape index (κ2) is 8.21. The third kappa shape index (κ3) is 5.03. The van der Waals surface area contributed by atoms with Crippen molar-refractivity contribution in [2.24, 2.45) is 5.92 Å². The molecular formula is C21H29BrN2O3. The van der Waals surface area contributed by atoms with Gasteiger partial charge in [0.2, 0.25) is 5.91 Å². The predicted molar refractivity (Wildman–Crippen MR) is 108 cm³/mol. The molecule has 0 spiro atoms. The van der Waals surface area contributed by atoms with Gasteiger partial charge < -0.3 is 14.5 Å². The van der Waals surface area contributed by atoms with Crippen molar-refractivity contribution in [3.05, 3.63) is 34.3 Å². The molecule has 2 aliphatic heterocycles. The molecule has 1 aromatic rings. The van der Waals surface area contributed by atoms with Crippen molar-refractivity contribution in [3.8, 4) is 0 Å². The second-order valence-electron chi connectivity index (χ2n) is 8.48. The standard InChI is InChI=1S/C21H29BrN2O3/c1-21(2,3)27-20(26)23-13-10-16(11-14-23)19(25)24-12-4-5-18(24)15-6-8-17(22)9-7-15/h6-9,16,18H,4-5,10-14H2,1-3H3. The third-order valence-corrected chi connectivity index (χ3v) is 5.82. The van der Waals surface area contributed by atoms with E-state index < -0.39 is 5.60 Å². The van der Waals surface area contributed by atoms with Crippen LogP contribution in [-0.4, -0.2) is 47.0 Å². The van der Waals surface area contributed by atoms with Crippen LogP contribution in [-0.2, 0) is 9.53 Å². The first-order valence-electron chi connectivity index (χ1n) is 9.78. The maximum atomic E-state index is 13.1. The summed E-state index contributed by atoms with van der Waals surface area (Å²) in [7, 11) is 0. The number of carbonyl (C=O) groups excluding carboxylic acids is 2. The third-order valence-electron chi connectivity index (χ3n) is 5.29. The van der Waals surface area contributed by atoms with E-state index in [2.05, 4.69) is 33.0 Å². The van der Waals surface area contributed by atoms with Crippen LogP contribution >= 0.6 is 15.9 Å². The van der Waals surface area contributed by atoms with Gasteiger partial charge in [-0.15, -0.1) is 0 Å². The Bertz CT molecular complexity index is 676. The van der Waals surface area contributed by atoms with Crippen LogP contribution in [0, 0.1) is 5.92 Å². The Morgan fingerprint density at radius 1 is 1.04 bits per heavy atom. The average molecular weight is 437 g/mol. The normalized spacial score (nSPS) is 21.4. The van der Waals surface area contributed by atoms with Gasteiger partial charge in [-0.2, -0.15) is 0 Å². The fourth-order valence-electron chi connectivity index (χ4n) is 3.93. The van der Waals surface area contributed by atoms with E-state index in [9.17, 15) is 9.59 Å². The molecule has 0 bridgehead atoms. The minimum absolute atomic E-state index is 0.000245. The smallest absolute Gasteiger partial charge is 0.410 e. The Balaban J connectivity index is 1.58. The van der Waals surface area contributed by atoms with Crippen molar-refractivity contribution in [2.45, 2.75) is 58.1 Å². The molecule has 27 heavy (non-hydrogen) atoms. The van der Waals surface area contributed by atoms with Gasteiger partial charge in [0.1, 0.15) is 5.60 Å². The zero-order valence-electron chi connectivity index (χ0n) is 16.4. The van der Waals surface area contributed by atoms with Gasteiger partial charge in [0, 0.05) is 30.0 Å². The highest BCUT2D eigenvalue weighted by Gasteiger charge is 2.36. The van der Waals surface area contributed by atoms with Gasteiger partial charge in [0.15, 0.2) is 0 Å². The van der Waals surface area contributed by atoms with E-state index >= 15 is 0 Å². The Kier molecular flexibility index (Phi) is 6.14. The number of carbonyl (C=O) groups is 2. The van der Waals surface area contributed by atoms with Gasteiger partial charge >= 0.3 is 6.09 Å². The number of hydrogen-bond donors (Lipinski definition) is 0. The number of amides is 2. The van der Waals surface area contributed by atoms with Crippen molar-refractivity contribution in [1.29, 1.82) is 0 Å². The molecule has 3 rings (SSSR count). The largest absolute Gasteiger partial charge is 0.444 e. The summed E-state index contributed by atoms with van der Waals surface area (Å²) in [5, 5.41) is 0. The van der Waals surface area contributed by atoms with Gasteiger partial charge in [0.25, 0.3) is 0 Å². The lowest BCUT2D eigenvalue weighted by Gasteiger charge is -2.35. The maximum absolute atomic E-state index is 13.1. The minimum Gasteiger partial charge on any atom is -0.444 e. The van der Waals surface area contributed by atoms with Crippen LogP contribution in [0.5, 0.6) is 0 Å². The summed E-state index contributed by atoms with van der Waals surface area (Å²) in [6.07, 6.45) is 3.21. The van der Waals surface area contributed by atoms with E-state index in [-0.39, 0.29) is 24.0 Å². The van der Waals surface area contributed by atoms with Crippen molar-refractivity contribution in [1.82, 2.24) is 9.80 Å². The van der Waals surface area contributed by atoms with Gasteiger partial charge in [-0.05, 0) is 64.2 Å². The monoisotopic (exact) mass is 436 g/mol. The second-order valence-corrected chi connectivity index (χ2v) is 9.40. The van der Waals surface area contributed by atoms with Crippen LogP contribution in [0.25, 0.3) is 0 Å². The van der Waals surface area contributed by atoms with Crippen molar-refractivity contribution in [2.75, 3.05) is 19.6 Å². The van der Waals surface area contributed by atoms with Crippen LogP contribution in [0.1, 0.15) is 58.1 Å². The van der Waals surface area contributed by atoms with Crippen LogP contribution in [0.15, 0.2) is 28.7 Å². The molecule has 0 aromatic heterocycles. The number of hydrogen-bond acceptors (Lipinski definition) is 3. The molecule has 2 amide bonds. The average Bonchev–Trinajstić information content (AvgIpc) is 3.10. The molecule has 2 heterocycles. The van der Waals surface area contributed by atoms with E-state index in [1.54, 1.807) is 4.90 Å². The maximum Gasteiger partial charge on any atom is 0.410 e. The SMILES string of the molecule is CC(C)(C)OC(=O)N1CCC(C(=O)N2CCCC2c2ccc(Br)cc2)CC1. The molecule has 148 valence electrons. The molecule has 6 heteroatoms. The first-order valence-corrected chi connectivity index (χ1v) is 10.6. The highest BCUT2D eigenvalue weighted by atomic mass is 79.9. The zero-order chi connectivity index (χ0) is 19.6. The highest BCUT2D eigenvalue weighted by molar-refractivity contribution is 9.10. The van der Waals surface area contributed by atoms with Crippen molar-refractivity contribution >= 4 is 27.9 Å². The van der Waals surface area contributed by atoms with E-state index in [1.807, 2.05) is 32.9 Å². The van der Waals surface area contributed by atoms with E-state index in [0.29, 0.717) is 25.9 Å². The van der Waals surface area contributed by atoms with Crippen LogP contribution in [0.2, 0.25) is 0 Å². The molecule has 2 saturated heterocycles. The number of halogens is 1. The Labute approximate surface area is 170 Å². The van der Waals surface area contributed by atoms with E-state index in [1.165, 1.54) is 5.56 Å². The number of benzene rings is 1. The van der Waals surface area contributed by atoms with Crippen molar-refractivity contribution < 1.29 is 14.3 Å². The number of nitrogens with zero attached hydrogens (tertiary/aromatic N) is 2. The number of rotatable bonds is 2. The molecule has 0 N–H and O–H groups in total. The molecule has 1 atom stereocenters. The number of piperidine rings is 1. The summed E-state index contributed by atoms with van der Waals surface area (Å²) >= 11 is 3.47. The molecule has 2 aliphatic rings. The summed E-state index contributed by atoms with van der Waals surface area (Å²) < 4.78 is 6.50. The first-order chi connectivity index (χ1) is 12.7. The summed E-state index contributed by atoms with van der Waals surface area (Å²) in [5.74, 6) is 0.240. The summed E-state index contributed by atoms with van der Waals surface area (Å²) in [6.45, 7) is 7.61. The van der Waals surface area contributed by atoms with Crippen LogP contribution in [0.4, 0.5) is 4.79 Å². The van der Waals surface area contributed by atoms with E-state index in [4.69, 9.17) is 4.74 Å². The van der Waals surface area contributed by atoms with Crippen LogP contribution < -0.4 is 0 Å². The molecule has 2 fully saturated rings. The minimum atomic E-state index is -0.489. The number of likely N-dealkylation sites (tertiary alicyclic amines) is 2. The molecule has 5 nitrogen and oxygen atoms in total. The predicted octanol–water partition coefficient (Wildman–Crippen LogP) is 4.76. The zero-order valence-corrected chi connectivity index (χ0v) is 18.0. The molecule has 0 aliphatic carbocycles. The topological polar surface area (TPSA) is 49.9 Å². The Morgan fingerprint density at radius 2 is 1.67 bits per heavy atom. The summed E-state index contributed by atoms with van der Waals surface area (Å²) in [6, 6.07) is 8.46. The lowest BCUT2D eigenvalue weighted by Crippen LogP contribution is -2.45. The molecular weight excluding hydrogens is 408 g/mol. The molecule has 0 radical (unpaired) electrons. The lowest BCUT2D eigenvalue weighted by molar-refractivity contribution is -0.138. The Morgan fingerprint density at radius 3 is 2.26 bits per heavy atom. The van der Waals surface area contributed by atoms with Crippen LogP contribution in [0.3, 0.4) is 0 Å². The molecule has 0 saturated carbocycles. The number of ether oxygens (including phenoxy) is 1. The Hall–Kier alpha value is -1.56.